The zero-order chi connectivity index (χ0) is 25.2. The fourth-order valence-electron chi connectivity index (χ4n) is 4.45. The number of fused-ring (bicyclic) bond motifs is 6. The van der Waals surface area contributed by atoms with Crippen LogP contribution in [0.3, 0.4) is 0 Å². The van der Waals surface area contributed by atoms with Crippen molar-refractivity contribution >= 4 is 30.2 Å². The zero-order valence-corrected chi connectivity index (χ0v) is 24.3. The minimum absolute atomic E-state index is 1.01. The van der Waals surface area contributed by atoms with Gasteiger partial charge in [0.05, 0.1) is 0 Å². The van der Waals surface area contributed by atoms with Crippen LogP contribution in [-0.2, 0) is 26.5 Å². The molecule has 0 saturated heterocycles. The Balaban J connectivity index is 0.000000152. The number of benzene rings is 4. The van der Waals surface area contributed by atoms with E-state index in [1.807, 2.05) is 20.2 Å². The predicted molar refractivity (Wildman–Crippen MR) is 153 cm³/mol. The molecule has 0 bridgehead atoms. The quantitative estimate of drug-likeness (QED) is 0.136. The number of nitrogens with zero attached hydrogens (tertiary/aromatic N) is 1. The molecule has 6 rings (SSSR count). The summed E-state index contributed by atoms with van der Waals surface area (Å²) < 4.78 is 1.17. The van der Waals surface area contributed by atoms with Crippen molar-refractivity contribution < 1.29 is 13.7 Å². The summed E-state index contributed by atoms with van der Waals surface area (Å²) in [5.41, 5.74) is 11.3. The van der Waals surface area contributed by atoms with Gasteiger partial charge in [-0.05, 0) is 79.0 Å². The molecule has 0 atom stereocenters. The van der Waals surface area contributed by atoms with Crippen molar-refractivity contribution in [1.29, 1.82) is 0 Å². The number of hydrogen-bond acceptors (Lipinski definition) is 1. The van der Waals surface area contributed by atoms with Crippen molar-refractivity contribution in [3.8, 4) is 22.3 Å². The third kappa shape index (κ3) is 7.40. The molecular formula is C31H30Br2NNi-2. The summed E-state index contributed by atoms with van der Waals surface area (Å²) in [5.74, 6) is 0. The van der Waals surface area contributed by atoms with Crippen LogP contribution in [0, 0.1) is 13.0 Å². The van der Waals surface area contributed by atoms with E-state index < -0.39 is 0 Å². The zero-order valence-electron chi connectivity index (χ0n) is 20.1. The van der Waals surface area contributed by atoms with Gasteiger partial charge in [0, 0.05) is 4.47 Å². The summed E-state index contributed by atoms with van der Waals surface area (Å²) >= 11 is 9.76. The average Bonchev–Trinajstić information content (AvgIpc) is 3.43. The molecule has 0 aliphatic heterocycles. The van der Waals surface area contributed by atoms with Gasteiger partial charge in [0.1, 0.15) is 0 Å². The molecule has 185 valence electrons. The Morgan fingerprint density at radius 1 is 0.771 bits per heavy atom. The third-order valence-electron chi connectivity index (χ3n) is 6.00. The largest absolute Gasteiger partial charge is 0.183 e. The second-order valence-electron chi connectivity index (χ2n) is 8.71. The van der Waals surface area contributed by atoms with Crippen LogP contribution in [-0.4, -0.2) is 25.5 Å². The Hall–Kier alpha value is -1.71. The van der Waals surface area contributed by atoms with Gasteiger partial charge in [0.25, 0.3) is 0 Å². The fraction of sp³-hybridized carbons (Fsp3) is 0.194. The standard InChI is InChI=1S/C13H9Br.C13H9.C5H12N.BrH.Ni/c14-11-5-6-13-10(8-11)7-9-3-1-2-4-12(9)13;1-3-7-12-10(5-1)9-11-6-2-4-8-13(11)12;1-4-5-6(2)3;;/h1-6,8H,7H2;1,3-8H,9H2;1,4-5H2,2-3H3;1H;/q;2*-1;;+1/p-1. The maximum absolute atomic E-state index is 3.69. The SMILES string of the molecule is Brc1ccc2c(c1)Cc1ccccc1-2.[CH2-]CCN(C)C.[Ni][Br].[c-]1ccc2c(c1)Cc1ccccc1-2. The van der Waals surface area contributed by atoms with Crippen molar-refractivity contribution in [1.82, 2.24) is 4.90 Å². The van der Waals surface area contributed by atoms with Gasteiger partial charge in [-0.15, -0.1) is 11.1 Å². The van der Waals surface area contributed by atoms with Gasteiger partial charge in [0.15, 0.2) is 0 Å². The molecule has 4 aromatic rings. The van der Waals surface area contributed by atoms with E-state index in [1.165, 1.54) is 49.0 Å². The van der Waals surface area contributed by atoms with Crippen molar-refractivity contribution in [2.75, 3.05) is 20.6 Å². The van der Waals surface area contributed by atoms with Gasteiger partial charge in [-0.25, -0.2) is 0 Å². The van der Waals surface area contributed by atoms with Crippen LogP contribution in [0.4, 0.5) is 0 Å². The molecule has 0 unspecified atom stereocenters. The molecule has 0 heterocycles. The van der Waals surface area contributed by atoms with E-state index in [-0.39, 0.29) is 0 Å². The molecule has 0 amide bonds. The van der Waals surface area contributed by atoms with E-state index in [0.717, 1.165) is 25.8 Å². The molecule has 0 aromatic heterocycles. The van der Waals surface area contributed by atoms with E-state index in [2.05, 4.69) is 141 Å². The topological polar surface area (TPSA) is 3.24 Å². The number of rotatable bonds is 2. The molecule has 35 heavy (non-hydrogen) atoms. The minimum Gasteiger partial charge on any atom is -0.183 e. The molecular weight excluding hydrogens is 605 g/mol. The fourth-order valence-corrected chi connectivity index (χ4v) is 4.85. The van der Waals surface area contributed by atoms with Crippen LogP contribution in [0.5, 0.6) is 0 Å². The summed E-state index contributed by atoms with van der Waals surface area (Å²) in [4.78, 5) is 2.12. The molecule has 4 heteroatoms. The predicted octanol–water partition coefficient (Wildman–Crippen LogP) is 8.69. The van der Waals surface area contributed by atoms with Gasteiger partial charge in [-0.2, -0.15) is 30.7 Å². The van der Waals surface area contributed by atoms with Crippen LogP contribution < -0.4 is 0 Å². The maximum atomic E-state index is 3.69. The second kappa shape index (κ2) is 14.1. The molecule has 4 aromatic carbocycles. The summed E-state index contributed by atoms with van der Waals surface area (Å²) in [6.45, 7) is 4.78. The molecule has 0 fully saturated rings. The summed E-state index contributed by atoms with van der Waals surface area (Å²) in [6.07, 6.45) is 3.15. The van der Waals surface area contributed by atoms with E-state index in [0.29, 0.717) is 0 Å². The first-order chi connectivity index (χ1) is 17.1. The average molecular weight is 635 g/mol. The van der Waals surface area contributed by atoms with Gasteiger partial charge in [-0.3, -0.25) is 0 Å². The van der Waals surface area contributed by atoms with Gasteiger partial charge in [-0.1, -0.05) is 70.5 Å². The van der Waals surface area contributed by atoms with Crippen molar-refractivity contribution in [3.63, 3.8) is 0 Å². The first-order valence-corrected chi connectivity index (χ1v) is 14.8. The van der Waals surface area contributed by atoms with Gasteiger partial charge >= 0.3 is 27.9 Å². The Labute approximate surface area is 234 Å². The van der Waals surface area contributed by atoms with E-state index in [4.69, 9.17) is 0 Å². The van der Waals surface area contributed by atoms with Crippen molar-refractivity contribution in [3.05, 3.63) is 125 Å². The Morgan fingerprint density at radius 2 is 1.31 bits per heavy atom. The summed E-state index contributed by atoms with van der Waals surface area (Å²) in [6, 6.07) is 33.1. The molecule has 0 N–H and O–H groups in total. The summed E-state index contributed by atoms with van der Waals surface area (Å²) in [5, 5.41) is 0. The van der Waals surface area contributed by atoms with E-state index >= 15 is 0 Å². The van der Waals surface area contributed by atoms with Gasteiger partial charge in [0.2, 0.25) is 0 Å². The van der Waals surface area contributed by atoms with Crippen LogP contribution >= 0.6 is 30.2 Å². The monoisotopic (exact) mass is 632 g/mol. The Kier molecular flexibility index (Phi) is 11.3. The van der Waals surface area contributed by atoms with E-state index in [9.17, 15) is 0 Å². The normalized spacial score (nSPS) is 11.4. The number of hydrogen-bond donors (Lipinski definition) is 0. The van der Waals surface area contributed by atoms with E-state index in [1.54, 1.807) is 0 Å². The minimum atomic E-state index is 1.01. The summed E-state index contributed by atoms with van der Waals surface area (Å²) in [7, 11) is 4.09. The van der Waals surface area contributed by atoms with Crippen molar-refractivity contribution in [2.45, 2.75) is 19.3 Å². The first-order valence-electron chi connectivity index (χ1n) is 11.6. The smallest absolute Gasteiger partial charge is 0.0398 e. The second-order valence-corrected chi connectivity index (χ2v) is 9.63. The van der Waals surface area contributed by atoms with Crippen LogP contribution in [0.1, 0.15) is 28.7 Å². The van der Waals surface area contributed by atoms with Crippen molar-refractivity contribution in [2.24, 2.45) is 0 Å². The molecule has 0 spiro atoms. The first kappa shape index (κ1) is 27.9. The van der Waals surface area contributed by atoms with Crippen LogP contribution in [0.25, 0.3) is 22.3 Å². The van der Waals surface area contributed by atoms with Crippen LogP contribution in [0.2, 0.25) is 0 Å². The number of halogens is 2. The molecule has 2 aliphatic carbocycles. The molecule has 1 nitrogen and oxygen atoms in total. The molecule has 0 saturated carbocycles. The Morgan fingerprint density at radius 3 is 1.89 bits per heavy atom. The maximum Gasteiger partial charge on any atom is -0.0398 e. The van der Waals surface area contributed by atoms with Crippen LogP contribution in [0.15, 0.2) is 89.4 Å². The van der Waals surface area contributed by atoms with Gasteiger partial charge < -0.3 is 11.8 Å². The molecule has 0 radical (unpaired) electrons. The Bertz CT molecular complexity index is 1190. The molecule has 2 aliphatic rings. The third-order valence-corrected chi connectivity index (χ3v) is 6.49.